The molecule has 35 heavy (non-hydrogen) atoms. The van der Waals surface area contributed by atoms with Gasteiger partial charge in [-0.05, 0) is 49.6 Å². The number of nitriles is 1. The molecule has 2 aromatic rings. The standard InChI is InChI=1S/C24H26ClF2N5O3/c25-24(26,27)35-19-7-5-17(6-8-19)30-23(34)16-11-21(31-20-4-2-1-3-15(20)12-28)22(29-13-16)32-10-9-18(33)14-32/h5-8,11,13,15,18,20,31,33H,1-4,9-10,14H2,(H,30,34). The highest BCUT2D eigenvalue weighted by Gasteiger charge is 2.29. The molecular weight excluding hydrogens is 480 g/mol. The van der Waals surface area contributed by atoms with Crippen LogP contribution in [0.3, 0.4) is 0 Å². The number of alkyl halides is 3. The predicted octanol–water partition coefficient (Wildman–Crippen LogP) is 4.57. The van der Waals surface area contributed by atoms with Gasteiger partial charge in [0.15, 0.2) is 5.82 Å². The minimum absolute atomic E-state index is 0.0623. The van der Waals surface area contributed by atoms with Gasteiger partial charge in [0.1, 0.15) is 5.75 Å². The Bertz CT molecular complexity index is 1090. The van der Waals surface area contributed by atoms with E-state index >= 15 is 0 Å². The fraction of sp³-hybridized carbons (Fsp3) is 0.458. The van der Waals surface area contributed by atoms with Crippen LogP contribution >= 0.6 is 11.6 Å². The molecule has 1 aromatic heterocycles. The molecule has 2 heterocycles. The number of aromatic nitrogens is 1. The van der Waals surface area contributed by atoms with Crippen LogP contribution < -0.4 is 20.3 Å². The summed E-state index contributed by atoms with van der Waals surface area (Å²) in [6.07, 6.45) is 5.31. The monoisotopic (exact) mass is 505 g/mol. The third-order valence-corrected chi connectivity index (χ3v) is 6.29. The quantitative estimate of drug-likeness (QED) is 0.473. The zero-order valence-corrected chi connectivity index (χ0v) is 19.6. The van der Waals surface area contributed by atoms with Crippen LogP contribution in [0.5, 0.6) is 5.75 Å². The zero-order valence-electron chi connectivity index (χ0n) is 18.9. The molecule has 0 radical (unpaired) electrons. The number of anilines is 3. The molecule has 1 aliphatic carbocycles. The molecular formula is C24H26ClF2N5O3. The van der Waals surface area contributed by atoms with E-state index in [1.807, 2.05) is 4.90 Å². The summed E-state index contributed by atoms with van der Waals surface area (Å²) in [6.45, 7) is 1.08. The Morgan fingerprint density at radius 1 is 1.26 bits per heavy atom. The molecule has 1 aliphatic heterocycles. The van der Waals surface area contributed by atoms with Crippen molar-refractivity contribution in [3.05, 3.63) is 42.1 Å². The largest absolute Gasteiger partial charge is 0.487 e. The van der Waals surface area contributed by atoms with Gasteiger partial charge in [-0.3, -0.25) is 4.79 Å². The third kappa shape index (κ3) is 6.50. The maximum Gasteiger partial charge on any atom is 0.487 e. The highest BCUT2D eigenvalue weighted by Crippen LogP contribution is 2.33. The molecule has 1 saturated heterocycles. The van der Waals surface area contributed by atoms with Gasteiger partial charge in [0.2, 0.25) is 0 Å². The summed E-state index contributed by atoms with van der Waals surface area (Å²) in [4.78, 5) is 19.4. The zero-order chi connectivity index (χ0) is 25.0. The van der Waals surface area contributed by atoms with Gasteiger partial charge in [-0.2, -0.15) is 5.26 Å². The first-order valence-electron chi connectivity index (χ1n) is 11.5. The number of aliphatic hydroxyl groups is 1. The number of amides is 1. The Balaban J connectivity index is 1.54. The first kappa shape index (κ1) is 24.9. The molecule has 3 unspecified atom stereocenters. The summed E-state index contributed by atoms with van der Waals surface area (Å²) < 4.78 is 29.8. The summed E-state index contributed by atoms with van der Waals surface area (Å²) in [5, 5.41) is 25.7. The molecule has 8 nitrogen and oxygen atoms in total. The number of nitrogens with one attached hydrogen (secondary N) is 2. The maximum absolute atomic E-state index is 12.9. The maximum atomic E-state index is 12.9. The van der Waals surface area contributed by atoms with Crippen LogP contribution in [0.1, 0.15) is 42.5 Å². The Morgan fingerprint density at radius 3 is 2.66 bits per heavy atom. The van der Waals surface area contributed by atoms with Gasteiger partial charge in [0.05, 0.1) is 29.3 Å². The predicted molar refractivity (Wildman–Crippen MR) is 128 cm³/mol. The summed E-state index contributed by atoms with van der Waals surface area (Å²) in [7, 11) is 0. The number of carbonyl (C=O) groups is 1. The lowest BCUT2D eigenvalue weighted by Gasteiger charge is -2.30. The number of hydrogen-bond acceptors (Lipinski definition) is 7. The number of halogens is 3. The van der Waals surface area contributed by atoms with Crippen molar-refractivity contribution in [1.82, 2.24) is 4.98 Å². The lowest BCUT2D eigenvalue weighted by atomic mass is 9.85. The molecule has 2 aliphatic rings. The summed E-state index contributed by atoms with van der Waals surface area (Å²) in [5.74, 6) is -0.0959. The smallest absolute Gasteiger partial charge is 0.420 e. The van der Waals surface area contributed by atoms with Gasteiger partial charge in [-0.1, -0.05) is 12.8 Å². The number of benzene rings is 1. The van der Waals surface area contributed by atoms with E-state index in [4.69, 9.17) is 11.6 Å². The Labute approximate surface area is 206 Å². The molecule has 1 saturated carbocycles. The second-order valence-corrected chi connectivity index (χ2v) is 9.22. The van der Waals surface area contributed by atoms with E-state index in [-0.39, 0.29) is 23.3 Å². The fourth-order valence-electron chi connectivity index (χ4n) is 4.48. The first-order valence-corrected chi connectivity index (χ1v) is 11.9. The second-order valence-electron chi connectivity index (χ2n) is 8.78. The number of nitrogens with zero attached hydrogens (tertiary/aromatic N) is 3. The van der Waals surface area contributed by atoms with Gasteiger partial charge >= 0.3 is 5.57 Å². The lowest BCUT2D eigenvalue weighted by Crippen LogP contribution is -2.33. The molecule has 0 spiro atoms. The van der Waals surface area contributed by atoms with Crippen LogP contribution in [0.25, 0.3) is 0 Å². The van der Waals surface area contributed by atoms with Crippen LogP contribution in [-0.2, 0) is 0 Å². The molecule has 186 valence electrons. The summed E-state index contributed by atoms with van der Waals surface area (Å²) >= 11 is 4.77. The van der Waals surface area contributed by atoms with E-state index in [1.165, 1.54) is 30.5 Å². The topological polar surface area (TPSA) is 111 Å². The van der Waals surface area contributed by atoms with Gasteiger partial charge < -0.3 is 25.4 Å². The van der Waals surface area contributed by atoms with Crippen LogP contribution in [0.4, 0.5) is 26.0 Å². The van der Waals surface area contributed by atoms with Crippen molar-refractivity contribution in [1.29, 1.82) is 5.26 Å². The van der Waals surface area contributed by atoms with Crippen LogP contribution in [0, 0.1) is 17.2 Å². The number of carbonyl (C=O) groups excluding carboxylic acids is 1. The van der Waals surface area contributed by atoms with Gasteiger partial charge in [0, 0.05) is 42.6 Å². The Hall–Kier alpha value is -3.16. The van der Waals surface area contributed by atoms with Crippen LogP contribution in [-0.4, -0.2) is 46.8 Å². The highest BCUT2D eigenvalue weighted by atomic mass is 35.5. The van der Waals surface area contributed by atoms with Crippen molar-refractivity contribution in [2.75, 3.05) is 28.6 Å². The highest BCUT2D eigenvalue weighted by molar-refractivity contribution is 6.20. The van der Waals surface area contributed by atoms with E-state index in [0.29, 0.717) is 36.7 Å². The SMILES string of the molecule is N#CC1CCCCC1Nc1cc(C(=O)Nc2ccc(OC(F)(F)Cl)cc2)cnc1N1CCC(O)C1. The van der Waals surface area contributed by atoms with Gasteiger partial charge in [-0.15, -0.1) is 8.78 Å². The second kappa shape index (κ2) is 10.6. The molecule has 2 fully saturated rings. The minimum atomic E-state index is -3.82. The van der Waals surface area contributed by atoms with Crippen LogP contribution in [0.2, 0.25) is 0 Å². The summed E-state index contributed by atoms with van der Waals surface area (Å²) in [5.41, 5.74) is -2.53. The van der Waals surface area contributed by atoms with E-state index in [1.54, 1.807) is 6.07 Å². The molecule has 11 heteroatoms. The minimum Gasteiger partial charge on any atom is -0.420 e. The third-order valence-electron chi connectivity index (χ3n) is 6.21. The van der Waals surface area contributed by atoms with Crippen molar-refractivity contribution < 1.29 is 23.4 Å². The number of aliphatic hydroxyl groups excluding tert-OH is 1. The first-order chi connectivity index (χ1) is 16.7. The van der Waals surface area contributed by atoms with E-state index < -0.39 is 17.6 Å². The van der Waals surface area contributed by atoms with Gasteiger partial charge in [-0.25, -0.2) is 4.98 Å². The average molecular weight is 506 g/mol. The number of ether oxygens (including phenoxy) is 1. The van der Waals surface area contributed by atoms with Gasteiger partial charge in [0.25, 0.3) is 5.91 Å². The van der Waals surface area contributed by atoms with E-state index in [9.17, 15) is 23.9 Å². The molecule has 4 rings (SSSR count). The summed E-state index contributed by atoms with van der Waals surface area (Å²) in [6, 6.07) is 9.38. The number of β-amino-alcohol motifs (C(OH)–C–C–N with tert-alkyl or cyclic N) is 1. The van der Waals surface area contributed by atoms with Crippen molar-refractivity contribution in [2.45, 2.75) is 49.8 Å². The number of hydrogen-bond donors (Lipinski definition) is 3. The number of pyridine rings is 1. The number of rotatable bonds is 7. The van der Waals surface area contributed by atoms with Crippen molar-refractivity contribution >= 4 is 34.7 Å². The lowest BCUT2D eigenvalue weighted by molar-refractivity contribution is -0.0964. The average Bonchev–Trinajstić information content (AvgIpc) is 3.25. The van der Waals surface area contributed by atoms with Crippen LogP contribution in [0.15, 0.2) is 36.5 Å². The normalized spacial score (nSPS) is 22.4. The molecule has 1 amide bonds. The fourth-order valence-corrected chi connectivity index (χ4v) is 4.56. The van der Waals surface area contributed by atoms with Crippen molar-refractivity contribution in [3.63, 3.8) is 0 Å². The molecule has 3 atom stereocenters. The molecule has 1 aromatic carbocycles. The molecule has 0 bridgehead atoms. The Morgan fingerprint density at radius 2 is 2.00 bits per heavy atom. The van der Waals surface area contributed by atoms with Crippen molar-refractivity contribution in [3.8, 4) is 11.8 Å². The van der Waals surface area contributed by atoms with Crippen molar-refractivity contribution in [2.24, 2.45) is 5.92 Å². The van der Waals surface area contributed by atoms with E-state index in [2.05, 4.69) is 26.4 Å². The van der Waals surface area contributed by atoms with E-state index in [0.717, 1.165) is 25.7 Å². The molecule has 3 N–H and O–H groups in total. The Kier molecular flexibility index (Phi) is 7.57.